The summed E-state index contributed by atoms with van der Waals surface area (Å²) in [5, 5.41) is 15.3. The fourth-order valence-electron chi connectivity index (χ4n) is 4.33. The Kier molecular flexibility index (Phi) is 6.38. The van der Waals surface area contributed by atoms with E-state index in [2.05, 4.69) is 36.6 Å². The fourth-order valence-corrected chi connectivity index (χ4v) is 4.33. The summed E-state index contributed by atoms with van der Waals surface area (Å²) in [6, 6.07) is 14.1. The van der Waals surface area contributed by atoms with Gasteiger partial charge in [0.1, 0.15) is 0 Å². The highest BCUT2D eigenvalue weighted by Gasteiger charge is 2.35. The molecule has 30 heavy (non-hydrogen) atoms. The largest absolute Gasteiger partial charge is 0.481 e. The second-order valence-electron chi connectivity index (χ2n) is 8.54. The third kappa shape index (κ3) is 4.30. The number of anilines is 1. The van der Waals surface area contributed by atoms with Gasteiger partial charge in [0.2, 0.25) is 0 Å². The average Bonchev–Trinajstić information content (AvgIpc) is 3.08. The van der Waals surface area contributed by atoms with Crippen LogP contribution in [0.5, 0.6) is 0 Å². The molecule has 1 unspecified atom stereocenters. The molecule has 0 aliphatic carbocycles. The highest BCUT2D eigenvalue weighted by atomic mass is 35.5. The Hall–Kier alpha value is -2.57. The van der Waals surface area contributed by atoms with Gasteiger partial charge < -0.3 is 15.7 Å². The molecule has 6 nitrogen and oxygen atoms in total. The Labute approximate surface area is 183 Å². The molecule has 7 heteroatoms. The van der Waals surface area contributed by atoms with Crippen LogP contribution in [-0.4, -0.2) is 30.2 Å². The number of carboxylic acid groups (broad SMARTS) is 1. The summed E-state index contributed by atoms with van der Waals surface area (Å²) in [6.07, 6.45) is 0.629. The van der Waals surface area contributed by atoms with E-state index >= 15 is 0 Å². The van der Waals surface area contributed by atoms with Gasteiger partial charge >= 0.3 is 12.0 Å². The molecule has 2 aromatic carbocycles. The van der Waals surface area contributed by atoms with Crippen LogP contribution in [0.2, 0.25) is 0 Å². The molecule has 3 N–H and O–H groups in total. The molecule has 2 aliphatic rings. The first-order valence-electron chi connectivity index (χ1n) is 10.1. The van der Waals surface area contributed by atoms with Crippen molar-refractivity contribution in [3.8, 4) is 0 Å². The summed E-state index contributed by atoms with van der Waals surface area (Å²) < 4.78 is 0. The highest BCUT2D eigenvalue weighted by Crippen LogP contribution is 2.36. The molecule has 1 saturated heterocycles. The summed E-state index contributed by atoms with van der Waals surface area (Å²) in [4.78, 5) is 25.3. The van der Waals surface area contributed by atoms with Crippen molar-refractivity contribution in [3.05, 3.63) is 64.7 Å². The standard InChI is InChI=1S/C23H27N3O3.ClH/c1-23(2)14-24-12-17-8-9-18(11-19(17)23)26-20(13-25-22(26)29)16-6-3-15(4-7-16)5-10-21(27)28;/h3-4,6-9,11,20,24H,5,10,12-14H2,1-2H3,(H,25,29)(H,27,28);1H. The molecule has 1 atom stereocenters. The summed E-state index contributed by atoms with van der Waals surface area (Å²) in [5.41, 5.74) is 5.53. The number of rotatable bonds is 5. The van der Waals surface area contributed by atoms with Crippen molar-refractivity contribution in [2.24, 2.45) is 0 Å². The number of amides is 2. The number of nitrogens with zero attached hydrogens (tertiary/aromatic N) is 1. The number of fused-ring (bicyclic) bond motifs is 1. The van der Waals surface area contributed by atoms with E-state index in [1.165, 1.54) is 11.1 Å². The van der Waals surface area contributed by atoms with Gasteiger partial charge in [-0.1, -0.05) is 44.2 Å². The maximum atomic E-state index is 12.7. The summed E-state index contributed by atoms with van der Waals surface area (Å²) in [5.74, 6) is -0.795. The molecular weight excluding hydrogens is 402 g/mol. The van der Waals surface area contributed by atoms with Crippen molar-refractivity contribution in [1.29, 1.82) is 0 Å². The first-order chi connectivity index (χ1) is 13.8. The van der Waals surface area contributed by atoms with E-state index in [4.69, 9.17) is 5.11 Å². The Morgan fingerprint density at radius 2 is 1.93 bits per heavy atom. The van der Waals surface area contributed by atoms with Crippen LogP contribution >= 0.6 is 12.4 Å². The van der Waals surface area contributed by atoms with Crippen molar-refractivity contribution in [2.75, 3.05) is 18.0 Å². The minimum Gasteiger partial charge on any atom is -0.481 e. The lowest BCUT2D eigenvalue weighted by molar-refractivity contribution is -0.136. The topological polar surface area (TPSA) is 81.7 Å². The van der Waals surface area contributed by atoms with Crippen LogP contribution in [0.4, 0.5) is 10.5 Å². The van der Waals surface area contributed by atoms with E-state index < -0.39 is 5.97 Å². The third-order valence-corrected chi connectivity index (χ3v) is 5.95. The number of aliphatic carboxylic acids is 1. The quantitative estimate of drug-likeness (QED) is 0.675. The number of carbonyl (C=O) groups excluding carboxylic acids is 1. The Bertz CT molecular complexity index is 943. The van der Waals surface area contributed by atoms with Crippen LogP contribution in [0.15, 0.2) is 42.5 Å². The van der Waals surface area contributed by atoms with Crippen LogP contribution in [0, 0.1) is 0 Å². The number of carboxylic acids is 1. The number of nitrogens with one attached hydrogen (secondary N) is 2. The minimum absolute atomic E-state index is 0. The molecule has 0 bridgehead atoms. The zero-order valence-corrected chi connectivity index (χ0v) is 18.1. The van der Waals surface area contributed by atoms with Gasteiger partial charge in [-0.15, -0.1) is 12.4 Å². The second kappa shape index (κ2) is 8.66. The van der Waals surface area contributed by atoms with Crippen LogP contribution in [-0.2, 0) is 23.2 Å². The molecule has 2 amide bonds. The lowest BCUT2D eigenvalue weighted by atomic mass is 9.79. The molecule has 1 fully saturated rings. The molecule has 160 valence electrons. The van der Waals surface area contributed by atoms with Gasteiger partial charge in [-0.3, -0.25) is 9.69 Å². The van der Waals surface area contributed by atoms with Crippen molar-refractivity contribution in [1.82, 2.24) is 10.6 Å². The molecule has 0 spiro atoms. The van der Waals surface area contributed by atoms with Gasteiger partial charge in [-0.05, 0) is 40.8 Å². The lowest BCUT2D eigenvalue weighted by Gasteiger charge is -2.34. The lowest BCUT2D eigenvalue weighted by Crippen LogP contribution is -2.39. The molecule has 0 aromatic heterocycles. The Morgan fingerprint density at radius 3 is 2.63 bits per heavy atom. The Morgan fingerprint density at radius 1 is 1.20 bits per heavy atom. The molecule has 2 heterocycles. The summed E-state index contributed by atoms with van der Waals surface area (Å²) in [7, 11) is 0. The molecule has 2 aromatic rings. The zero-order valence-electron chi connectivity index (χ0n) is 17.3. The van der Waals surface area contributed by atoms with Crippen LogP contribution in [0.3, 0.4) is 0 Å². The van der Waals surface area contributed by atoms with E-state index in [0.29, 0.717) is 13.0 Å². The normalized spacial score (nSPS) is 19.6. The number of urea groups is 1. The zero-order chi connectivity index (χ0) is 20.6. The highest BCUT2D eigenvalue weighted by molar-refractivity contribution is 5.95. The number of hydrogen-bond acceptors (Lipinski definition) is 3. The smallest absolute Gasteiger partial charge is 0.322 e. The maximum Gasteiger partial charge on any atom is 0.322 e. The van der Waals surface area contributed by atoms with E-state index in [1.807, 2.05) is 35.2 Å². The van der Waals surface area contributed by atoms with Gasteiger partial charge in [-0.2, -0.15) is 0 Å². The molecular formula is C23H28ClN3O3. The van der Waals surface area contributed by atoms with Gasteiger partial charge in [0, 0.05) is 37.2 Å². The summed E-state index contributed by atoms with van der Waals surface area (Å²) in [6.45, 7) is 6.76. The Balaban J connectivity index is 0.00000256. The monoisotopic (exact) mass is 429 g/mol. The predicted octanol–water partition coefficient (Wildman–Crippen LogP) is 3.78. The number of carbonyl (C=O) groups is 2. The van der Waals surface area contributed by atoms with Gasteiger partial charge in [0.15, 0.2) is 0 Å². The molecule has 2 aliphatic heterocycles. The second-order valence-corrected chi connectivity index (χ2v) is 8.54. The van der Waals surface area contributed by atoms with Gasteiger partial charge in [0.25, 0.3) is 0 Å². The van der Waals surface area contributed by atoms with Gasteiger partial charge in [0.05, 0.1) is 6.04 Å². The fraction of sp³-hybridized carbons (Fsp3) is 0.391. The first kappa shape index (κ1) is 22.1. The van der Waals surface area contributed by atoms with Gasteiger partial charge in [-0.25, -0.2) is 4.79 Å². The predicted molar refractivity (Wildman–Crippen MR) is 119 cm³/mol. The van der Waals surface area contributed by atoms with Crippen LogP contribution in [0.25, 0.3) is 0 Å². The van der Waals surface area contributed by atoms with E-state index in [-0.39, 0.29) is 36.3 Å². The van der Waals surface area contributed by atoms with Crippen LogP contribution in [0.1, 0.15) is 48.6 Å². The molecule has 4 rings (SSSR count). The number of halogens is 1. The van der Waals surface area contributed by atoms with Crippen molar-refractivity contribution in [2.45, 2.75) is 44.7 Å². The van der Waals surface area contributed by atoms with E-state index in [1.54, 1.807) is 0 Å². The SMILES string of the molecule is CC1(C)CNCc2ccc(N3C(=O)NCC3c3ccc(CCC(=O)O)cc3)cc21.Cl. The minimum atomic E-state index is -0.795. The first-order valence-corrected chi connectivity index (χ1v) is 10.1. The third-order valence-electron chi connectivity index (χ3n) is 5.95. The number of hydrogen-bond donors (Lipinski definition) is 3. The van der Waals surface area contributed by atoms with Crippen molar-refractivity contribution < 1.29 is 14.7 Å². The van der Waals surface area contributed by atoms with E-state index in [9.17, 15) is 9.59 Å². The maximum absolute atomic E-state index is 12.7. The van der Waals surface area contributed by atoms with Crippen molar-refractivity contribution >= 4 is 30.1 Å². The van der Waals surface area contributed by atoms with E-state index in [0.717, 1.165) is 29.9 Å². The van der Waals surface area contributed by atoms with Crippen molar-refractivity contribution in [3.63, 3.8) is 0 Å². The van der Waals surface area contributed by atoms with Crippen LogP contribution < -0.4 is 15.5 Å². The molecule has 0 radical (unpaired) electrons. The molecule has 0 saturated carbocycles. The average molecular weight is 430 g/mol. The summed E-state index contributed by atoms with van der Waals surface area (Å²) >= 11 is 0. The number of benzene rings is 2. The number of aryl methyl sites for hydroxylation is 1.